The monoisotopic (exact) mass is 285 g/mol. The highest BCUT2D eigenvalue weighted by Gasteiger charge is 2.20. The molecule has 2 N–H and O–H groups in total. The molecule has 0 aliphatic carbocycles. The van der Waals surface area contributed by atoms with E-state index >= 15 is 0 Å². The summed E-state index contributed by atoms with van der Waals surface area (Å²) in [7, 11) is 2.17. The number of hydrogen-bond donors (Lipinski definition) is 1. The Morgan fingerprint density at radius 2 is 2.25 bits per heavy atom. The van der Waals surface area contributed by atoms with Crippen molar-refractivity contribution in [1.82, 2.24) is 4.90 Å². The van der Waals surface area contributed by atoms with E-state index in [1.807, 2.05) is 17.5 Å². The van der Waals surface area contributed by atoms with E-state index in [4.69, 9.17) is 5.73 Å². The minimum absolute atomic E-state index is 0.442. The van der Waals surface area contributed by atoms with Crippen LogP contribution in [-0.2, 0) is 6.42 Å². The van der Waals surface area contributed by atoms with Gasteiger partial charge in [-0.1, -0.05) is 12.1 Å². The maximum Gasteiger partial charge on any atom is 0.141 e. The molecule has 0 spiro atoms. The van der Waals surface area contributed by atoms with Crippen molar-refractivity contribution in [2.45, 2.75) is 19.4 Å². The van der Waals surface area contributed by atoms with Crippen LogP contribution >= 0.6 is 11.3 Å². The quantitative estimate of drug-likeness (QED) is 0.679. The lowest BCUT2D eigenvalue weighted by molar-refractivity contribution is 0.247. The zero-order valence-electron chi connectivity index (χ0n) is 11.8. The van der Waals surface area contributed by atoms with Gasteiger partial charge in [0, 0.05) is 12.6 Å². The molecule has 1 unspecified atom stereocenters. The average Bonchev–Trinajstić information content (AvgIpc) is 2.98. The molecule has 20 heavy (non-hydrogen) atoms. The summed E-state index contributed by atoms with van der Waals surface area (Å²) in [4.78, 5) is 7.95. The van der Waals surface area contributed by atoms with Crippen LogP contribution in [0.1, 0.15) is 29.0 Å². The van der Waals surface area contributed by atoms with Gasteiger partial charge in [-0.05, 0) is 55.1 Å². The maximum absolute atomic E-state index is 6.06. The van der Waals surface area contributed by atoms with Gasteiger partial charge in [0.2, 0.25) is 0 Å². The first-order valence-corrected chi connectivity index (χ1v) is 7.74. The lowest BCUT2D eigenvalue weighted by Gasteiger charge is -2.32. The van der Waals surface area contributed by atoms with Crippen molar-refractivity contribution in [1.29, 1.82) is 0 Å². The molecule has 1 aromatic carbocycles. The molecule has 0 amide bonds. The number of benzene rings is 1. The molecule has 2 aromatic rings. The Balaban J connectivity index is 1.95. The van der Waals surface area contributed by atoms with E-state index in [1.54, 1.807) is 11.3 Å². The number of nitrogens with zero attached hydrogens (tertiary/aromatic N) is 2. The molecule has 0 radical (unpaired) electrons. The summed E-state index contributed by atoms with van der Waals surface area (Å²) in [6.45, 7) is 3.36. The van der Waals surface area contributed by atoms with Crippen molar-refractivity contribution in [3.63, 3.8) is 0 Å². The molecule has 0 saturated heterocycles. The van der Waals surface area contributed by atoms with E-state index in [-0.39, 0.29) is 0 Å². The minimum atomic E-state index is 0.442. The van der Waals surface area contributed by atoms with Crippen LogP contribution in [-0.4, -0.2) is 24.3 Å². The highest BCUT2D eigenvalue weighted by atomic mass is 32.1. The van der Waals surface area contributed by atoms with Gasteiger partial charge >= 0.3 is 0 Å². The molecule has 0 saturated carbocycles. The zero-order chi connectivity index (χ0) is 14.1. The Bertz CT molecular complexity index is 631. The second-order valence-corrected chi connectivity index (χ2v) is 6.21. The molecular formula is C16H19N3S. The van der Waals surface area contributed by atoms with Crippen LogP contribution < -0.4 is 5.73 Å². The number of fused-ring (bicyclic) bond motifs is 1. The largest absolute Gasteiger partial charge is 0.383 e. The molecule has 1 aliphatic heterocycles. The molecule has 0 bridgehead atoms. The Labute approximate surface area is 123 Å². The lowest BCUT2D eigenvalue weighted by Crippen LogP contribution is -2.30. The van der Waals surface area contributed by atoms with E-state index in [0.717, 1.165) is 23.5 Å². The van der Waals surface area contributed by atoms with Crippen molar-refractivity contribution in [2.75, 3.05) is 13.6 Å². The van der Waals surface area contributed by atoms with Gasteiger partial charge in [0.05, 0.1) is 10.6 Å². The number of rotatable bonds is 2. The van der Waals surface area contributed by atoms with Gasteiger partial charge in [-0.15, -0.1) is 11.3 Å². The van der Waals surface area contributed by atoms with Crippen molar-refractivity contribution in [3.05, 3.63) is 51.7 Å². The topological polar surface area (TPSA) is 41.6 Å². The number of aliphatic imine (C=N–C) groups is 1. The maximum atomic E-state index is 6.06. The summed E-state index contributed by atoms with van der Waals surface area (Å²) < 4.78 is 0. The summed E-state index contributed by atoms with van der Waals surface area (Å²) in [5, 5.41) is 2.02. The van der Waals surface area contributed by atoms with E-state index < -0.39 is 0 Å². The molecule has 3 nitrogen and oxygen atoms in total. The van der Waals surface area contributed by atoms with Gasteiger partial charge in [0.25, 0.3) is 0 Å². The number of thiophene rings is 1. The number of hydrogen-bond acceptors (Lipinski definition) is 3. The van der Waals surface area contributed by atoms with Crippen LogP contribution in [0.3, 0.4) is 0 Å². The van der Waals surface area contributed by atoms with Crippen molar-refractivity contribution in [2.24, 2.45) is 10.7 Å². The van der Waals surface area contributed by atoms with E-state index in [2.05, 4.69) is 42.1 Å². The molecular weight excluding hydrogens is 266 g/mol. The molecule has 2 heterocycles. The smallest absolute Gasteiger partial charge is 0.141 e. The second-order valence-electron chi connectivity index (χ2n) is 5.26. The van der Waals surface area contributed by atoms with E-state index in [0.29, 0.717) is 11.9 Å². The van der Waals surface area contributed by atoms with Gasteiger partial charge in [0.15, 0.2) is 0 Å². The SMILES string of the molecule is CC1c2cc(N=C(N)c3cccs3)ccc2CCN1C. The fourth-order valence-corrected chi connectivity index (χ4v) is 3.24. The van der Waals surface area contributed by atoms with Crippen LogP contribution in [0.15, 0.2) is 40.7 Å². The highest BCUT2D eigenvalue weighted by molar-refractivity contribution is 7.12. The first-order valence-electron chi connectivity index (χ1n) is 6.86. The Hall–Kier alpha value is -1.65. The third-order valence-corrected chi connectivity index (χ3v) is 4.89. The van der Waals surface area contributed by atoms with Crippen LogP contribution in [0.25, 0.3) is 0 Å². The first-order chi connectivity index (χ1) is 9.65. The predicted octanol–water partition coefficient (Wildman–Crippen LogP) is 3.33. The number of nitrogens with two attached hydrogens (primary N) is 1. The van der Waals surface area contributed by atoms with Gasteiger partial charge in [-0.25, -0.2) is 4.99 Å². The van der Waals surface area contributed by atoms with Crippen molar-refractivity contribution in [3.8, 4) is 0 Å². The van der Waals surface area contributed by atoms with Gasteiger partial charge in [0.1, 0.15) is 5.84 Å². The molecule has 0 fully saturated rings. The third kappa shape index (κ3) is 2.49. The minimum Gasteiger partial charge on any atom is -0.383 e. The molecule has 1 aromatic heterocycles. The standard InChI is InChI=1S/C16H19N3S/c1-11-14-10-13(6-5-12(14)7-8-19(11)2)18-16(17)15-4-3-9-20-15/h3-6,9-11H,7-8H2,1-2H3,(H2,17,18). The van der Waals surface area contributed by atoms with Crippen LogP contribution in [0.2, 0.25) is 0 Å². The van der Waals surface area contributed by atoms with Crippen molar-refractivity contribution < 1.29 is 0 Å². The van der Waals surface area contributed by atoms with E-state index in [1.165, 1.54) is 11.1 Å². The normalized spacial score (nSPS) is 19.9. The van der Waals surface area contributed by atoms with Crippen LogP contribution in [0, 0.1) is 0 Å². The van der Waals surface area contributed by atoms with Gasteiger partial charge < -0.3 is 5.73 Å². The highest BCUT2D eigenvalue weighted by Crippen LogP contribution is 2.31. The van der Waals surface area contributed by atoms with Crippen LogP contribution in [0.4, 0.5) is 5.69 Å². The molecule has 104 valence electrons. The fourth-order valence-electron chi connectivity index (χ4n) is 2.61. The molecule has 3 rings (SSSR count). The van der Waals surface area contributed by atoms with Gasteiger partial charge in [-0.3, -0.25) is 4.90 Å². The Morgan fingerprint density at radius 3 is 3.00 bits per heavy atom. The van der Waals surface area contributed by atoms with E-state index in [9.17, 15) is 0 Å². The zero-order valence-corrected chi connectivity index (χ0v) is 12.7. The third-order valence-electron chi connectivity index (χ3n) is 4.00. The Kier molecular flexibility index (Phi) is 3.59. The molecule has 4 heteroatoms. The average molecular weight is 285 g/mol. The van der Waals surface area contributed by atoms with Gasteiger partial charge in [-0.2, -0.15) is 0 Å². The lowest BCUT2D eigenvalue weighted by atomic mass is 9.93. The van der Waals surface area contributed by atoms with Crippen LogP contribution in [0.5, 0.6) is 0 Å². The second kappa shape index (κ2) is 5.38. The summed E-state index contributed by atoms with van der Waals surface area (Å²) >= 11 is 1.62. The summed E-state index contributed by atoms with van der Waals surface area (Å²) in [5.41, 5.74) is 9.81. The molecule has 1 aliphatic rings. The molecule has 1 atom stereocenters. The summed E-state index contributed by atoms with van der Waals surface area (Å²) in [6.07, 6.45) is 1.11. The summed E-state index contributed by atoms with van der Waals surface area (Å²) in [6, 6.07) is 10.9. The first kappa shape index (κ1) is 13.3. The number of amidine groups is 1. The predicted molar refractivity (Wildman–Crippen MR) is 85.9 cm³/mol. The summed E-state index contributed by atoms with van der Waals surface area (Å²) in [5.74, 6) is 0.594. The number of likely N-dealkylation sites (N-methyl/N-ethyl adjacent to an activating group) is 1. The fraction of sp³-hybridized carbons (Fsp3) is 0.312. The van der Waals surface area contributed by atoms with Crippen molar-refractivity contribution >= 4 is 22.9 Å². The Morgan fingerprint density at radius 1 is 1.40 bits per heavy atom.